The molecule has 0 saturated heterocycles. The second kappa shape index (κ2) is 9.70. The molecule has 6 rings (SSSR count). The minimum atomic E-state index is -1.43. The fourth-order valence-corrected chi connectivity index (χ4v) is 5.13. The first-order valence-corrected chi connectivity index (χ1v) is 12.5. The van der Waals surface area contributed by atoms with Crippen molar-refractivity contribution in [2.75, 3.05) is 5.32 Å². The molecule has 0 radical (unpaired) electrons. The van der Waals surface area contributed by atoms with E-state index in [0.29, 0.717) is 33.5 Å². The first-order valence-electron chi connectivity index (χ1n) is 12.1. The molecule has 0 fully saturated rings. The van der Waals surface area contributed by atoms with Gasteiger partial charge in [0.25, 0.3) is 5.56 Å². The van der Waals surface area contributed by atoms with E-state index in [2.05, 4.69) is 15.4 Å². The Bertz CT molecular complexity index is 2050. The Kier molecular flexibility index (Phi) is 6.25. The monoisotopic (exact) mass is 584 g/mol. The molecule has 5 aromatic rings. The summed E-state index contributed by atoms with van der Waals surface area (Å²) in [6.07, 6.45) is 1.41. The number of hydrogen-bond acceptors (Lipinski definition) is 5. The number of benzene rings is 3. The van der Waals surface area contributed by atoms with Crippen molar-refractivity contribution in [3.8, 4) is 11.1 Å². The summed E-state index contributed by atoms with van der Waals surface area (Å²) in [6.45, 7) is -1.11. The third-order valence-electron chi connectivity index (χ3n) is 6.77. The van der Waals surface area contributed by atoms with Crippen molar-refractivity contribution in [2.24, 2.45) is 7.05 Å². The molecule has 1 N–H and O–H groups in total. The van der Waals surface area contributed by atoms with Gasteiger partial charge in [-0.2, -0.15) is 5.10 Å². The second-order valence-electron chi connectivity index (χ2n) is 9.52. The lowest BCUT2D eigenvalue weighted by molar-refractivity contribution is -0.115. The zero-order valence-electron chi connectivity index (χ0n) is 21.0. The minimum Gasteiger partial charge on any atom is -0.325 e. The minimum absolute atomic E-state index is 0.0710. The number of fused-ring (bicyclic) bond motifs is 2. The number of aromatic nitrogens is 5. The largest absolute Gasteiger partial charge is 0.332 e. The molecule has 0 unspecified atom stereocenters. The molecular formula is C27H17ClF4N6O3. The smallest absolute Gasteiger partial charge is 0.325 e. The van der Waals surface area contributed by atoms with Crippen LogP contribution in [0.25, 0.3) is 22.0 Å². The number of carbonyl (C=O) groups is 1. The van der Waals surface area contributed by atoms with Gasteiger partial charge in [0.05, 0.1) is 35.4 Å². The number of aryl methyl sites for hydroxylation is 1. The van der Waals surface area contributed by atoms with Crippen LogP contribution >= 0.6 is 11.6 Å². The van der Waals surface area contributed by atoms with Gasteiger partial charge < -0.3 is 5.32 Å². The van der Waals surface area contributed by atoms with Crippen LogP contribution in [0.2, 0.25) is 5.02 Å². The molecule has 1 amide bonds. The fraction of sp³-hybridized carbons (Fsp3) is 0.148. The van der Waals surface area contributed by atoms with Gasteiger partial charge >= 0.3 is 5.69 Å². The lowest BCUT2D eigenvalue weighted by atomic mass is 9.99. The summed E-state index contributed by atoms with van der Waals surface area (Å²) in [5, 5.41) is 6.35. The predicted octanol–water partition coefficient (Wildman–Crippen LogP) is 3.76. The fourth-order valence-electron chi connectivity index (χ4n) is 4.86. The number of hydrogen-bond donors (Lipinski definition) is 1. The molecule has 0 atom stereocenters. The highest BCUT2D eigenvalue weighted by molar-refractivity contribution is 6.34. The Morgan fingerprint density at radius 3 is 2.39 bits per heavy atom. The van der Waals surface area contributed by atoms with Crippen LogP contribution in [0, 0.1) is 23.3 Å². The number of anilines is 1. The van der Waals surface area contributed by atoms with Gasteiger partial charge in [0.2, 0.25) is 5.91 Å². The van der Waals surface area contributed by atoms with Crippen LogP contribution in [0.1, 0.15) is 17.0 Å². The summed E-state index contributed by atoms with van der Waals surface area (Å²) in [7, 11) is 1.57. The summed E-state index contributed by atoms with van der Waals surface area (Å²) in [5.41, 5.74) is -1.08. The van der Waals surface area contributed by atoms with Gasteiger partial charge in [-0.1, -0.05) is 11.6 Å². The van der Waals surface area contributed by atoms with Crippen LogP contribution in [-0.2, 0) is 31.4 Å². The molecule has 41 heavy (non-hydrogen) atoms. The van der Waals surface area contributed by atoms with Gasteiger partial charge in [-0.3, -0.25) is 23.4 Å². The molecule has 0 bridgehead atoms. The van der Waals surface area contributed by atoms with Gasteiger partial charge in [0.15, 0.2) is 17.5 Å². The van der Waals surface area contributed by atoms with E-state index >= 15 is 4.39 Å². The number of carbonyl (C=O) groups excluding carboxylic acids is 1. The summed E-state index contributed by atoms with van der Waals surface area (Å²) >= 11 is 6.45. The number of halogens is 5. The topological polar surface area (TPSA) is 104 Å². The molecule has 0 saturated carbocycles. The van der Waals surface area contributed by atoms with E-state index in [1.165, 1.54) is 23.1 Å². The molecule has 3 heterocycles. The highest BCUT2D eigenvalue weighted by Crippen LogP contribution is 2.37. The molecule has 9 nitrogen and oxygen atoms in total. The first-order chi connectivity index (χ1) is 19.5. The van der Waals surface area contributed by atoms with E-state index in [1.807, 2.05) is 0 Å². The van der Waals surface area contributed by atoms with Crippen molar-refractivity contribution < 1.29 is 22.4 Å². The highest BCUT2D eigenvalue weighted by atomic mass is 35.5. The van der Waals surface area contributed by atoms with Crippen LogP contribution in [-0.4, -0.2) is 29.8 Å². The van der Waals surface area contributed by atoms with Crippen LogP contribution < -0.4 is 16.6 Å². The van der Waals surface area contributed by atoms with E-state index < -0.39 is 58.6 Å². The summed E-state index contributed by atoms with van der Waals surface area (Å²) in [5.74, 6) is -5.13. The van der Waals surface area contributed by atoms with Crippen molar-refractivity contribution in [3.05, 3.63) is 109 Å². The molecule has 0 spiro atoms. The van der Waals surface area contributed by atoms with Crippen molar-refractivity contribution in [3.63, 3.8) is 0 Å². The molecule has 3 aromatic carbocycles. The summed E-state index contributed by atoms with van der Waals surface area (Å²) in [6, 6.07) is 6.37. The third-order valence-corrected chi connectivity index (χ3v) is 7.09. The highest BCUT2D eigenvalue weighted by Gasteiger charge is 2.24. The van der Waals surface area contributed by atoms with Crippen molar-refractivity contribution in [1.82, 2.24) is 23.9 Å². The quantitative estimate of drug-likeness (QED) is 0.250. The van der Waals surface area contributed by atoms with Gasteiger partial charge in [-0.05, 0) is 41.5 Å². The number of nitrogens with zero attached hydrogens (tertiary/aromatic N) is 5. The van der Waals surface area contributed by atoms with E-state index in [0.717, 1.165) is 10.6 Å². The maximum Gasteiger partial charge on any atom is 0.332 e. The average molecular weight is 585 g/mol. The Morgan fingerprint density at radius 1 is 0.902 bits per heavy atom. The van der Waals surface area contributed by atoms with Gasteiger partial charge in [0.1, 0.15) is 18.0 Å². The van der Waals surface area contributed by atoms with E-state index in [-0.39, 0.29) is 34.3 Å². The van der Waals surface area contributed by atoms with Crippen molar-refractivity contribution in [2.45, 2.75) is 19.5 Å². The van der Waals surface area contributed by atoms with Crippen LogP contribution in [0.15, 0.2) is 52.3 Å². The predicted molar refractivity (Wildman–Crippen MR) is 141 cm³/mol. The first kappa shape index (κ1) is 26.4. The number of amides is 1. The number of nitrogens with one attached hydrogen (secondary N) is 1. The van der Waals surface area contributed by atoms with Crippen molar-refractivity contribution >= 4 is 34.1 Å². The molecular weight excluding hydrogens is 568 g/mol. The normalized spacial score (nSPS) is 12.7. The summed E-state index contributed by atoms with van der Waals surface area (Å²) < 4.78 is 61.0. The van der Waals surface area contributed by atoms with E-state index in [1.54, 1.807) is 13.1 Å². The Labute approximate surface area is 232 Å². The zero-order valence-corrected chi connectivity index (χ0v) is 21.8. The van der Waals surface area contributed by atoms with Gasteiger partial charge in [0, 0.05) is 29.9 Å². The Morgan fingerprint density at radius 2 is 1.66 bits per heavy atom. The molecule has 208 valence electrons. The lowest BCUT2D eigenvalue weighted by Gasteiger charge is -2.16. The molecule has 14 heteroatoms. The molecule has 0 aliphatic carbocycles. The molecule has 1 aliphatic rings. The SMILES string of the molecule is Cn1cnc(Cn2c(=O)c3c(F)cc(-c4cc5c(cc4Cl)NC(=O)C5)cc3n(Cc3cc(F)c(F)cc3F)c2=O)n1. The Hall–Kier alpha value is -4.78. The zero-order chi connectivity index (χ0) is 29.2. The molecule has 1 aliphatic heterocycles. The maximum absolute atomic E-state index is 15.8. The standard InChI is InChI=1S/C27H17ClF4N6O3/c1-36-11-33-23(35-36)10-38-26(40)25-20(32)3-12(15-2-13-6-24(39)34-21(13)7-16(15)28)5-22(25)37(27(38)41)9-14-4-18(30)19(31)8-17(14)29/h2-5,7-8,11H,6,9-10H2,1H3,(H,34,39). The van der Waals surface area contributed by atoms with Crippen LogP contribution in [0.3, 0.4) is 0 Å². The molecule has 2 aromatic heterocycles. The van der Waals surface area contributed by atoms with Crippen molar-refractivity contribution in [1.29, 1.82) is 0 Å². The van der Waals surface area contributed by atoms with E-state index in [4.69, 9.17) is 11.6 Å². The van der Waals surface area contributed by atoms with Crippen LogP contribution in [0.5, 0.6) is 0 Å². The maximum atomic E-state index is 15.8. The third kappa shape index (κ3) is 4.57. The van der Waals surface area contributed by atoms with Gasteiger partial charge in [-0.15, -0.1) is 0 Å². The van der Waals surface area contributed by atoms with Crippen LogP contribution in [0.4, 0.5) is 23.2 Å². The second-order valence-corrected chi connectivity index (χ2v) is 9.93. The number of rotatable bonds is 5. The average Bonchev–Trinajstić information content (AvgIpc) is 3.49. The Balaban J connectivity index is 1.61. The van der Waals surface area contributed by atoms with E-state index in [9.17, 15) is 27.6 Å². The lowest BCUT2D eigenvalue weighted by Crippen LogP contribution is -2.41. The van der Waals surface area contributed by atoms with Gasteiger partial charge in [-0.25, -0.2) is 27.3 Å². The summed E-state index contributed by atoms with van der Waals surface area (Å²) in [4.78, 5) is 43.0.